The van der Waals surface area contributed by atoms with E-state index in [1.54, 1.807) is 12.3 Å². The van der Waals surface area contributed by atoms with Crippen LogP contribution in [0.5, 0.6) is 11.5 Å². The van der Waals surface area contributed by atoms with Gasteiger partial charge in [0.05, 0.1) is 18.5 Å². The van der Waals surface area contributed by atoms with Crippen LogP contribution in [-0.2, 0) is 10.3 Å². The highest BCUT2D eigenvalue weighted by atomic mass is 16.5. The van der Waals surface area contributed by atoms with Crippen LogP contribution in [0.15, 0.2) is 42.0 Å². The Morgan fingerprint density at radius 3 is 2.75 bits per heavy atom. The zero-order valence-electron chi connectivity index (χ0n) is 13.4. The van der Waals surface area contributed by atoms with Gasteiger partial charge in [-0.05, 0) is 36.8 Å². The molecule has 1 unspecified atom stereocenters. The molecule has 4 N–H and O–H groups in total. The number of anilines is 1. The van der Waals surface area contributed by atoms with Crippen LogP contribution >= 0.6 is 0 Å². The Morgan fingerprint density at radius 2 is 2.00 bits per heavy atom. The summed E-state index contributed by atoms with van der Waals surface area (Å²) in [7, 11) is 0. The number of aromatic nitrogens is 1. The van der Waals surface area contributed by atoms with Gasteiger partial charge in [-0.1, -0.05) is 6.58 Å². The summed E-state index contributed by atoms with van der Waals surface area (Å²) in [5.41, 5.74) is 15.3. The fourth-order valence-electron chi connectivity index (χ4n) is 3.27. The van der Waals surface area contributed by atoms with Crippen LogP contribution in [0, 0.1) is 0 Å². The molecule has 3 heterocycles. The number of aliphatic imine (C=N–C) groups is 1. The second-order valence-electron chi connectivity index (χ2n) is 6.11. The van der Waals surface area contributed by atoms with Crippen molar-refractivity contribution in [3.63, 3.8) is 0 Å². The van der Waals surface area contributed by atoms with E-state index >= 15 is 0 Å². The monoisotopic (exact) mass is 322 g/mol. The fraction of sp³-hybridized carbons (Fsp3) is 0.222. The third-order valence-electron chi connectivity index (χ3n) is 4.43. The Bertz CT molecular complexity index is 891. The molecule has 6 nitrogen and oxygen atoms in total. The number of nitrogens with two attached hydrogens (primary N) is 2. The van der Waals surface area contributed by atoms with E-state index in [4.69, 9.17) is 20.9 Å². The normalized spacial score (nSPS) is 21.1. The molecule has 6 heteroatoms. The largest absolute Gasteiger partial charge is 0.465 e. The topological polar surface area (TPSA) is 95.8 Å². The standard InChI is InChI=1S/C18H18N4O2/c1-10(2)14-8-13-16(9-21-14)24-15-4-3-11(19)7-12(15)18(13)5-6-23-17(20)22-18/h3-4,7-9H,1,5-6,19H2,2H3,(H2,20,22). The van der Waals surface area contributed by atoms with Crippen LogP contribution < -0.4 is 16.2 Å². The number of rotatable bonds is 1. The molecule has 0 amide bonds. The van der Waals surface area contributed by atoms with Crippen LogP contribution in [-0.4, -0.2) is 17.6 Å². The number of pyridine rings is 1. The van der Waals surface area contributed by atoms with Crippen molar-refractivity contribution in [2.45, 2.75) is 18.9 Å². The van der Waals surface area contributed by atoms with Crippen molar-refractivity contribution < 1.29 is 9.47 Å². The van der Waals surface area contributed by atoms with Crippen LogP contribution in [0.4, 0.5) is 5.69 Å². The average Bonchev–Trinajstić information content (AvgIpc) is 2.56. The van der Waals surface area contributed by atoms with Crippen molar-refractivity contribution in [1.29, 1.82) is 0 Å². The first kappa shape index (κ1) is 14.6. The van der Waals surface area contributed by atoms with E-state index < -0.39 is 5.54 Å². The molecule has 2 aromatic rings. The van der Waals surface area contributed by atoms with E-state index in [0.717, 1.165) is 22.4 Å². The Morgan fingerprint density at radius 1 is 1.21 bits per heavy atom. The molecular formula is C18H18N4O2. The number of hydrogen-bond donors (Lipinski definition) is 2. The summed E-state index contributed by atoms with van der Waals surface area (Å²) in [6.45, 7) is 6.35. The summed E-state index contributed by atoms with van der Waals surface area (Å²) < 4.78 is 11.4. The third kappa shape index (κ3) is 2.03. The van der Waals surface area contributed by atoms with Gasteiger partial charge >= 0.3 is 0 Å². The van der Waals surface area contributed by atoms with E-state index in [2.05, 4.69) is 16.6 Å². The number of hydrogen-bond acceptors (Lipinski definition) is 6. The minimum absolute atomic E-state index is 0.163. The minimum Gasteiger partial charge on any atom is -0.465 e. The van der Waals surface area contributed by atoms with Gasteiger partial charge in [0, 0.05) is 23.2 Å². The molecule has 2 aliphatic heterocycles. The van der Waals surface area contributed by atoms with Crippen molar-refractivity contribution in [1.82, 2.24) is 4.98 Å². The van der Waals surface area contributed by atoms with Crippen LogP contribution in [0.25, 0.3) is 5.57 Å². The molecule has 122 valence electrons. The Hall–Kier alpha value is -3.02. The smallest absolute Gasteiger partial charge is 0.283 e. The van der Waals surface area contributed by atoms with Crippen molar-refractivity contribution in [2.24, 2.45) is 10.7 Å². The molecule has 1 aromatic carbocycles. The van der Waals surface area contributed by atoms with Crippen molar-refractivity contribution in [3.8, 4) is 11.5 Å². The Balaban J connectivity index is 2.03. The van der Waals surface area contributed by atoms with E-state index in [0.29, 0.717) is 30.2 Å². The molecular weight excluding hydrogens is 304 g/mol. The maximum atomic E-state index is 6.03. The van der Waals surface area contributed by atoms with Gasteiger partial charge in [-0.3, -0.25) is 4.98 Å². The lowest BCUT2D eigenvalue weighted by Crippen LogP contribution is -2.38. The third-order valence-corrected chi connectivity index (χ3v) is 4.43. The second kappa shape index (κ2) is 4.99. The summed E-state index contributed by atoms with van der Waals surface area (Å²) in [5.74, 6) is 1.37. The number of allylic oxidation sites excluding steroid dienone is 1. The molecule has 2 aliphatic rings. The highest BCUT2D eigenvalue weighted by Gasteiger charge is 2.45. The summed E-state index contributed by atoms with van der Waals surface area (Å²) in [4.78, 5) is 9.10. The van der Waals surface area contributed by atoms with Gasteiger partial charge in [-0.25, -0.2) is 4.99 Å². The van der Waals surface area contributed by atoms with Gasteiger partial charge in [-0.15, -0.1) is 0 Å². The van der Waals surface area contributed by atoms with E-state index in [9.17, 15) is 0 Å². The van der Waals surface area contributed by atoms with Gasteiger partial charge in [-0.2, -0.15) is 0 Å². The van der Waals surface area contributed by atoms with Crippen LogP contribution in [0.3, 0.4) is 0 Å². The maximum absolute atomic E-state index is 6.03. The minimum atomic E-state index is -0.687. The van der Waals surface area contributed by atoms with Crippen molar-refractivity contribution in [3.05, 3.63) is 53.9 Å². The summed E-state index contributed by atoms with van der Waals surface area (Å²) in [6.07, 6.45) is 2.35. The number of nitrogen functional groups attached to an aromatic ring is 1. The Labute approximate surface area is 139 Å². The van der Waals surface area contributed by atoms with Gasteiger partial charge in [0.1, 0.15) is 11.3 Å². The predicted molar refractivity (Wildman–Crippen MR) is 92.8 cm³/mol. The number of nitrogens with zero attached hydrogens (tertiary/aromatic N) is 2. The zero-order valence-corrected chi connectivity index (χ0v) is 13.4. The van der Waals surface area contributed by atoms with Gasteiger partial charge in [0.15, 0.2) is 5.75 Å². The highest BCUT2D eigenvalue weighted by Crippen LogP contribution is 2.52. The molecule has 1 aromatic heterocycles. The van der Waals surface area contributed by atoms with E-state index in [-0.39, 0.29) is 6.02 Å². The summed E-state index contributed by atoms with van der Waals surface area (Å²) in [5, 5.41) is 0. The van der Waals surface area contributed by atoms with Crippen molar-refractivity contribution in [2.75, 3.05) is 12.3 Å². The first-order valence-electron chi connectivity index (χ1n) is 7.72. The van der Waals surface area contributed by atoms with Crippen molar-refractivity contribution >= 4 is 17.3 Å². The van der Waals surface area contributed by atoms with Gasteiger partial charge < -0.3 is 20.9 Å². The number of ether oxygens (including phenoxy) is 2. The first-order valence-corrected chi connectivity index (χ1v) is 7.72. The molecule has 4 rings (SSSR count). The maximum Gasteiger partial charge on any atom is 0.283 e. The molecule has 24 heavy (non-hydrogen) atoms. The average molecular weight is 322 g/mol. The predicted octanol–water partition coefficient (Wildman–Crippen LogP) is 2.78. The van der Waals surface area contributed by atoms with E-state index in [1.807, 2.05) is 25.1 Å². The lowest BCUT2D eigenvalue weighted by molar-refractivity contribution is 0.219. The first-order chi connectivity index (χ1) is 11.5. The number of amidine groups is 1. The Kier molecular flexibility index (Phi) is 3.03. The van der Waals surface area contributed by atoms with Crippen LogP contribution in [0.2, 0.25) is 0 Å². The molecule has 1 spiro atoms. The van der Waals surface area contributed by atoms with E-state index in [1.165, 1.54) is 0 Å². The van der Waals surface area contributed by atoms with Gasteiger partial charge in [0.2, 0.25) is 0 Å². The molecule has 1 atom stereocenters. The molecule has 0 aliphatic carbocycles. The molecule has 0 radical (unpaired) electrons. The lowest BCUT2D eigenvalue weighted by atomic mass is 9.77. The molecule has 0 fully saturated rings. The second-order valence-corrected chi connectivity index (χ2v) is 6.11. The van der Waals surface area contributed by atoms with Crippen LogP contribution in [0.1, 0.15) is 30.2 Å². The zero-order chi connectivity index (χ0) is 16.9. The molecule has 0 bridgehead atoms. The highest BCUT2D eigenvalue weighted by molar-refractivity contribution is 5.75. The number of fused-ring (bicyclic) bond motifs is 4. The summed E-state index contributed by atoms with van der Waals surface area (Å²) >= 11 is 0. The molecule has 0 saturated carbocycles. The molecule has 0 saturated heterocycles. The lowest BCUT2D eigenvalue weighted by Gasteiger charge is -2.39. The SMILES string of the molecule is C=C(C)c1cc2c(cn1)Oc1ccc(N)cc1C21CCOC(N)=N1. The fourth-order valence-corrected chi connectivity index (χ4v) is 3.27. The number of benzene rings is 1. The summed E-state index contributed by atoms with van der Waals surface area (Å²) in [6, 6.07) is 7.67. The van der Waals surface area contributed by atoms with Gasteiger partial charge in [0.25, 0.3) is 6.02 Å². The quantitative estimate of drug-likeness (QED) is 0.787.